The Kier molecular flexibility index (Phi) is 2.39. The molecule has 2 aliphatic rings. The van der Waals surface area contributed by atoms with Crippen LogP contribution in [0, 0.1) is 5.92 Å². The first kappa shape index (κ1) is 7.90. The van der Waals surface area contributed by atoms with Gasteiger partial charge in [-0.3, -0.25) is 0 Å². The second-order valence-corrected chi connectivity index (χ2v) is 4.79. The summed E-state index contributed by atoms with van der Waals surface area (Å²) in [4.78, 5) is 2.47. The van der Waals surface area contributed by atoms with Gasteiger partial charge in [-0.05, 0) is 30.4 Å². The van der Waals surface area contributed by atoms with Gasteiger partial charge in [-0.25, -0.2) is 0 Å². The number of rotatable bonds is 3. The summed E-state index contributed by atoms with van der Waals surface area (Å²) in [6.45, 7) is 3.57. The Morgan fingerprint density at radius 2 is 2.09 bits per heavy atom. The van der Waals surface area contributed by atoms with Crippen LogP contribution < -0.4 is 5.73 Å². The molecule has 11 heavy (non-hydrogen) atoms. The number of hydrogen-bond donors (Lipinski definition) is 1. The summed E-state index contributed by atoms with van der Waals surface area (Å²) in [6.07, 6.45) is 1.40. The molecule has 0 aromatic rings. The Morgan fingerprint density at radius 1 is 1.36 bits per heavy atom. The van der Waals surface area contributed by atoms with Crippen LogP contribution in [0.1, 0.15) is 6.42 Å². The Hall–Kier alpha value is 0.270. The first-order valence-corrected chi connectivity index (χ1v) is 5.56. The average molecular weight is 172 g/mol. The molecule has 2 nitrogen and oxygen atoms in total. The standard InChI is InChI=1S/C8H16N2S/c9-8-3-10(4-8)2-1-7-5-11-6-7/h7-8H,1-6,9H2. The minimum Gasteiger partial charge on any atom is -0.325 e. The van der Waals surface area contributed by atoms with Gasteiger partial charge in [0.2, 0.25) is 0 Å². The van der Waals surface area contributed by atoms with Crippen LogP contribution in [0.3, 0.4) is 0 Å². The molecular weight excluding hydrogens is 156 g/mol. The largest absolute Gasteiger partial charge is 0.325 e. The van der Waals surface area contributed by atoms with Gasteiger partial charge < -0.3 is 10.6 Å². The summed E-state index contributed by atoms with van der Waals surface area (Å²) in [5.74, 6) is 3.83. The second kappa shape index (κ2) is 3.33. The molecule has 0 atom stereocenters. The first-order valence-electron chi connectivity index (χ1n) is 4.40. The minimum absolute atomic E-state index is 0.478. The zero-order chi connectivity index (χ0) is 7.68. The molecule has 2 saturated heterocycles. The SMILES string of the molecule is NC1CN(CCC2CSC2)C1. The van der Waals surface area contributed by atoms with E-state index in [2.05, 4.69) is 16.7 Å². The summed E-state index contributed by atoms with van der Waals surface area (Å²) in [5, 5.41) is 0. The molecule has 2 rings (SSSR count). The highest BCUT2D eigenvalue weighted by Crippen LogP contribution is 2.27. The van der Waals surface area contributed by atoms with E-state index in [1.165, 1.54) is 24.5 Å². The van der Waals surface area contributed by atoms with E-state index in [1.807, 2.05) is 0 Å². The molecule has 2 aliphatic heterocycles. The van der Waals surface area contributed by atoms with Crippen LogP contribution in [0.2, 0.25) is 0 Å². The van der Waals surface area contributed by atoms with Gasteiger partial charge in [0.15, 0.2) is 0 Å². The van der Waals surface area contributed by atoms with Crippen molar-refractivity contribution in [1.29, 1.82) is 0 Å². The molecular formula is C8H16N2S. The highest BCUT2D eigenvalue weighted by Gasteiger charge is 2.25. The molecule has 0 unspecified atom stereocenters. The summed E-state index contributed by atoms with van der Waals surface area (Å²) in [7, 11) is 0. The Labute approximate surface area is 72.5 Å². The van der Waals surface area contributed by atoms with Crippen LogP contribution >= 0.6 is 11.8 Å². The highest BCUT2D eigenvalue weighted by molar-refractivity contribution is 8.00. The third-order valence-corrected chi connectivity index (χ3v) is 3.96. The molecule has 2 fully saturated rings. The Bertz CT molecular complexity index is 130. The smallest absolute Gasteiger partial charge is 0.0297 e. The summed E-state index contributed by atoms with van der Waals surface area (Å²) < 4.78 is 0. The van der Waals surface area contributed by atoms with E-state index in [1.54, 1.807) is 0 Å². The topological polar surface area (TPSA) is 29.3 Å². The van der Waals surface area contributed by atoms with Crippen LogP contribution in [0.25, 0.3) is 0 Å². The molecule has 0 bridgehead atoms. The van der Waals surface area contributed by atoms with Gasteiger partial charge in [0, 0.05) is 19.1 Å². The van der Waals surface area contributed by atoms with Crippen molar-refractivity contribution in [3.8, 4) is 0 Å². The molecule has 0 radical (unpaired) electrons. The van der Waals surface area contributed by atoms with E-state index in [0.29, 0.717) is 6.04 Å². The van der Waals surface area contributed by atoms with Crippen molar-refractivity contribution < 1.29 is 0 Å². The lowest BCUT2D eigenvalue weighted by atomic mass is 10.1. The lowest BCUT2D eigenvalue weighted by Crippen LogP contribution is -2.56. The van der Waals surface area contributed by atoms with Crippen LogP contribution in [0.15, 0.2) is 0 Å². The van der Waals surface area contributed by atoms with Crippen LogP contribution in [-0.4, -0.2) is 42.1 Å². The predicted octanol–water partition coefficient (Wildman–Crippen LogP) is 0.382. The number of nitrogens with two attached hydrogens (primary N) is 1. The maximum absolute atomic E-state index is 5.68. The van der Waals surface area contributed by atoms with Crippen molar-refractivity contribution >= 4 is 11.8 Å². The Balaban J connectivity index is 1.53. The fraction of sp³-hybridized carbons (Fsp3) is 1.00. The van der Waals surface area contributed by atoms with Gasteiger partial charge in [0.1, 0.15) is 0 Å². The fourth-order valence-electron chi connectivity index (χ4n) is 1.61. The molecule has 0 amide bonds. The molecule has 0 spiro atoms. The molecule has 0 aromatic heterocycles. The molecule has 0 aliphatic carbocycles. The monoisotopic (exact) mass is 172 g/mol. The summed E-state index contributed by atoms with van der Waals surface area (Å²) in [6, 6.07) is 0.478. The van der Waals surface area contributed by atoms with Crippen molar-refractivity contribution in [1.82, 2.24) is 4.90 Å². The predicted molar refractivity (Wildman–Crippen MR) is 49.8 cm³/mol. The molecule has 2 N–H and O–H groups in total. The summed E-state index contributed by atoms with van der Waals surface area (Å²) >= 11 is 2.08. The zero-order valence-corrected chi connectivity index (χ0v) is 7.65. The Morgan fingerprint density at radius 3 is 2.55 bits per heavy atom. The van der Waals surface area contributed by atoms with E-state index in [9.17, 15) is 0 Å². The van der Waals surface area contributed by atoms with Crippen LogP contribution in [0.4, 0.5) is 0 Å². The van der Waals surface area contributed by atoms with Crippen molar-refractivity contribution in [3.05, 3.63) is 0 Å². The summed E-state index contributed by atoms with van der Waals surface area (Å²) in [5.41, 5.74) is 5.68. The van der Waals surface area contributed by atoms with Crippen molar-refractivity contribution in [3.63, 3.8) is 0 Å². The number of thioether (sulfide) groups is 1. The molecule has 0 aromatic carbocycles. The lowest BCUT2D eigenvalue weighted by Gasteiger charge is -2.38. The van der Waals surface area contributed by atoms with Crippen LogP contribution in [0.5, 0.6) is 0 Å². The van der Waals surface area contributed by atoms with Gasteiger partial charge in [0.05, 0.1) is 0 Å². The van der Waals surface area contributed by atoms with E-state index in [-0.39, 0.29) is 0 Å². The second-order valence-electron chi connectivity index (χ2n) is 3.71. The third kappa shape index (κ3) is 1.89. The van der Waals surface area contributed by atoms with E-state index >= 15 is 0 Å². The zero-order valence-electron chi connectivity index (χ0n) is 6.83. The van der Waals surface area contributed by atoms with Gasteiger partial charge in [0.25, 0.3) is 0 Å². The van der Waals surface area contributed by atoms with E-state index in [0.717, 1.165) is 19.0 Å². The molecule has 2 heterocycles. The average Bonchev–Trinajstić information content (AvgIpc) is 1.80. The van der Waals surface area contributed by atoms with Gasteiger partial charge in [-0.1, -0.05) is 0 Å². The fourth-order valence-corrected chi connectivity index (χ4v) is 2.51. The number of likely N-dealkylation sites (tertiary alicyclic amines) is 1. The number of nitrogens with zero attached hydrogens (tertiary/aromatic N) is 1. The number of hydrogen-bond acceptors (Lipinski definition) is 3. The first-order chi connectivity index (χ1) is 5.34. The highest BCUT2D eigenvalue weighted by atomic mass is 32.2. The van der Waals surface area contributed by atoms with Crippen molar-refractivity contribution in [2.75, 3.05) is 31.1 Å². The minimum atomic E-state index is 0.478. The van der Waals surface area contributed by atoms with E-state index < -0.39 is 0 Å². The normalized spacial score (nSPS) is 28.1. The van der Waals surface area contributed by atoms with Crippen LogP contribution in [-0.2, 0) is 0 Å². The lowest BCUT2D eigenvalue weighted by molar-refractivity contribution is 0.143. The molecule has 0 saturated carbocycles. The van der Waals surface area contributed by atoms with Gasteiger partial charge in [-0.2, -0.15) is 11.8 Å². The van der Waals surface area contributed by atoms with Crippen molar-refractivity contribution in [2.45, 2.75) is 12.5 Å². The molecule has 64 valence electrons. The van der Waals surface area contributed by atoms with Gasteiger partial charge in [-0.15, -0.1) is 0 Å². The molecule has 3 heteroatoms. The van der Waals surface area contributed by atoms with E-state index in [4.69, 9.17) is 5.73 Å². The maximum Gasteiger partial charge on any atom is 0.0297 e. The quantitative estimate of drug-likeness (QED) is 0.667. The van der Waals surface area contributed by atoms with Gasteiger partial charge >= 0.3 is 0 Å². The maximum atomic E-state index is 5.68. The van der Waals surface area contributed by atoms with Crippen molar-refractivity contribution in [2.24, 2.45) is 11.7 Å². The third-order valence-electron chi connectivity index (χ3n) is 2.55.